The fraction of sp³-hybridized carbons (Fsp3) is 0.400. The molecule has 0 aliphatic carbocycles. The second-order valence-electron chi connectivity index (χ2n) is 6.25. The number of nitrogens with one attached hydrogen (secondary N) is 1. The van der Waals surface area contributed by atoms with Crippen LogP contribution in [0.4, 0.5) is 4.39 Å². The third-order valence-electron chi connectivity index (χ3n) is 3.65. The fourth-order valence-electron chi connectivity index (χ4n) is 2.40. The van der Waals surface area contributed by atoms with Crippen LogP contribution < -0.4 is 14.8 Å². The van der Waals surface area contributed by atoms with E-state index in [4.69, 9.17) is 9.47 Å². The largest absolute Gasteiger partial charge is 0.493 e. The van der Waals surface area contributed by atoms with Gasteiger partial charge in [0.05, 0.1) is 7.11 Å². The number of ether oxygens (including phenoxy) is 2. The highest BCUT2D eigenvalue weighted by atomic mass is 19.1. The first kappa shape index (κ1) is 18.3. The van der Waals surface area contributed by atoms with Crippen LogP contribution in [0.3, 0.4) is 0 Å². The Morgan fingerprint density at radius 1 is 1.04 bits per heavy atom. The summed E-state index contributed by atoms with van der Waals surface area (Å²) in [6.45, 7) is 6.65. The van der Waals surface area contributed by atoms with Crippen LogP contribution >= 0.6 is 0 Å². The smallest absolute Gasteiger partial charge is 0.161 e. The fourth-order valence-corrected chi connectivity index (χ4v) is 2.40. The molecule has 0 fully saturated rings. The third-order valence-corrected chi connectivity index (χ3v) is 3.65. The number of hydrogen-bond acceptors (Lipinski definition) is 3. The van der Waals surface area contributed by atoms with E-state index in [1.807, 2.05) is 24.3 Å². The SMILES string of the molecule is COc1cc(CCNCC(C)C)ccc1OCc1cccc(F)c1. The molecule has 0 aliphatic heterocycles. The quantitative estimate of drug-likeness (QED) is 0.699. The van der Waals surface area contributed by atoms with E-state index >= 15 is 0 Å². The molecule has 1 N–H and O–H groups in total. The summed E-state index contributed by atoms with van der Waals surface area (Å²) in [7, 11) is 1.63. The number of methoxy groups -OCH3 is 1. The van der Waals surface area contributed by atoms with Crippen molar-refractivity contribution in [3.05, 3.63) is 59.4 Å². The molecule has 24 heavy (non-hydrogen) atoms. The van der Waals surface area contributed by atoms with Gasteiger partial charge in [-0.05, 0) is 60.8 Å². The van der Waals surface area contributed by atoms with Crippen molar-refractivity contribution in [1.82, 2.24) is 5.32 Å². The van der Waals surface area contributed by atoms with E-state index in [0.29, 0.717) is 24.0 Å². The van der Waals surface area contributed by atoms with Gasteiger partial charge in [0.15, 0.2) is 11.5 Å². The van der Waals surface area contributed by atoms with Gasteiger partial charge < -0.3 is 14.8 Å². The van der Waals surface area contributed by atoms with E-state index in [1.54, 1.807) is 13.2 Å². The van der Waals surface area contributed by atoms with E-state index in [2.05, 4.69) is 19.2 Å². The maximum Gasteiger partial charge on any atom is 0.161 e. The van der Waals surface area contributed by atoms with Gasteiger partial charge in [-0.25, -0.2) is 4.39 Å². The average Bonchev–Trinajstić information content (AvgIpc) is 2.57. The molecule has 0 saturated carbocycles. The lowest BCUT2D eigenvalue weighted by Crippen LogP contribution is -2.22. The summed E-state index contributed by atoms with van der Waals surface area (Å²) in [5.74, 6) is 1.76. The Balaban J connectivity index is 1.93. The van der Waals surface area contributed by atoms with Crippen molar-refractivity contribution in [2.45, 2.75) is 26.9 Å². The summed E-state index contributed by atoms with van der Waals surface area (Å²) in [6.07, 6.45) is 0.938. The van der Waals surface area contributed by atoms with Gasteiger partial charge in [-0.1, -0.05) is 32.0 Å². The zero-order valence-electron chi connectivity index (χ0n) is 14.6. The first-order valence-corrected chi connectivity index (χ1v) is 8.33. The molecular formula is C20H26FNO2. The highest BCUT2D eigenvalue weighted by Gasteiger charge is 2.07. The van der Waals surface area contributed by atoms with Crippen LogP contribution in [0.25, 0.3) is 0 Å². The van der Waals surface area contributed by atoms with Crippen molar-refractivity contribution in [1.29, 1.82) is 0 Å². The minimum atomic E-state index is -0.257. The van der Waals surface area contributed by atoms with Gasteiger partial charge in [0, 0.05) is 0 Å². The molecule has 0 radical (unpaired) electrons. The molecule has 0 spiro atoms. The van der Waals surface area contributed by atoms with Crippen LogP contribution in [0.5, 0.6) is 11.5 Å². The van der Waals surface area contributed by atoms with E-state index < -0.39 is 0 Å². The van der Waals surface area contributed by atoms with E-state index in [-0.39, 0.29) is 5.82 Å². The van der Waals surface area contributed by atoms with Gasteiger partial charge in [0.1, 0.15) is 12.4 Å². The molecule has 2 rings (SSSR count). The average molecular weight is 331 g/mol. The number of rotatable bonds is 9. The lowest BCUT2D eigenvalue weighted by molar-refractivity contribution is 0.284. The molecule has 4 heteroatoms. The summed E-state index contributed by atoms with van der Waals surface area (Å²) in [5, 5.41) is 3.43. The van der Waals surface area contributed by atoms with Crippen LogP contribution in [0.1, 0.15) is 25.0 Å². The molecule has 0 heterocycles. The Hall–Kier alpha value is -2.07. The second-order valence-corrected chi connectivity index (χ2v) is 6.25. The standard InChI is InChI=1S/C20H26FNO2/c1-15(2)13-22-10-9-16-7-8-19(20(12-16)23-3)24-14-17-5-4-6-18(21)11-17/h4-8,11-12,15,22H,9-10,13-14H2,1-3H3. The summed E-state index contributed by atoms with van der Waals surface area (Å²) >= 11 is 0. The van der Waals surface area contributed by atoms with Gasteiger partial charge in [0.25, 0.3) is 0 Å². The predicted molar refractivity (Wildman–Crippen MR) is 95.1 cm³/mol. The van der Waals surface area contributed by atoms with Crippen molar-refractivity contribution < 1.29 is 13.9 Å². The summed E-state index contributed by atoms with van der Waals surface area (Å²) in [4.78, 5) is 0. The summed E-state index contributed by atoms with van der Waals surface area (Å²) in [6, 6.07) is 12.4. The Bertz CT molecular complexity index is 643. The Kier molecular flexibility index (Phi) is 7.07. The first-order valence-electron chi connectivity index (χ1n) is 8.33. The Morgan fingerprint density at radius 2 is 1.88 bits per heavy atom. The molecule has 0 saturated heterocycles. The number of hydrogen-bond donors (Lipinski definition) is 1. The second kappa shape index (κ2) is 9.28. The Morgan fingerprint density at radius 3 is 2.58 bits per heavy atom. The van der Waals surface area contributed by atoms with Crippen molar-refractivity contribution >= 4 is 0 Å². The van der Waals surface area contributed by atoms with Crippen LogP contribution in [0, 0.1) is 11.7 Å². The summed E-state index contributed by atoms with van der Waals surface area (Å²) < 4.78 is 24.4. The monoisotopic (exact) mass is 331 g/mol. The van der Waals surface area contributed by atoms with Gasteiger partial charge in [-0.3, -0.25) is 0 Å². The zero-order valence-corrected chi connectivity index (χ0v) is 14.6. The number of halogens is 1. The van der Waals surface area contributed by atoms with Crippen LogP contribution in [0.2, 0.25) is 0 Å². The minimum Gasteiger partial charge on any atom is -0.493 e. The maximum absolute atomic E-state index is 13.2. The zero-order chi connectivity index (χ0) is 17.4. The highest BCUT2D eigenvalue weighted by Crippen LogP contribution is 2.29. The van der Waals surface area contributed by atoms with Gasteiger partial charge >= 0.3 is 0 Å². The van der Waals surface area contributed by atoms with E-state index in [9.17, 15) is 4.39 Å². The molecule has 2 aromatic carbocycles. The molecule has 3 nitrogen and oxygen atoms in total. The van der Waals surface area contributed by atoms with E-state index in [0.717, 1.165) is 25.1 Å². The molecule has 0 bridgehead atoms. The lowest BCUT2D eigenvalue weighted by atomic mass is 10.1. The van der Waals surface area contributed by atoms with Crippen molar-refractivity contribution in [2.75, 3.05) is 20.2 Å². The van der Waals surface area contributed by atoms with E-state index in [1.165, 1.54) is 17.7 Å². The molecule has 0 aliphatic rings. The maximum atomic E-state index is 13.2. The van der Waals surface area contributed by atoms with Crippen LogP contribution in [0.15, 0.2) is 42.5 Å². The van der Waals surface area contributed by atoms with Crippen molar-refractivity contribution in [3.63, 3.8) is 0 Å². The molecule has 0 aromatic heterocycles. The Labute approximate surface area is 143 Å². The molecule has 0 unspecified atom stereocenters. The predicted octanol–water partition coefficient (Wildman–Crippen LogP) is 4.20. The van der Waals surface area contributed by atoms with Crippen molar-refractivity contribution in [2.24, 2.45) is 5.92 Å². The van der Waals surface area contributed by atoms with Crippen LogP contribution in [-0.2, 0) is 13.0 Å². The van der Waals surface area contributed by atoms with Gasteiger partial charge in [-0.15, -0.1) is 0 Å². The molecule has 0 atom stereocenters. The highest BCUT2D eigenvalue weighted by molar-refractivity contribution is 5.43. The topological polar surface area (TPSA) is 30.5 Å². The van der Waals surface area contributed by atoms with Gasteiger partial charge in [0.2, 0.25) is 0 Å². The number of benzene rings is 2. The van der Waals surface area contributed by atoms with Crippen molar-refractivity contribution in [3.8, 4) is 11.5 Å². The normalized spacial score (nSPS) is 10.9. The molecule has 2 aromatic rings. The lowest BCUT2D eigenvalue weighted by Gasteiger charge is -2.13. The van der Waals surface area contributed by atoms with Crippen LogP contribution in [-0.4, -0.2) is 20.2 Å². The molecular weight excluding hydrogens is 305 g/mol. The first-order chi connectivity index (χ1) is 11.6. The summed E-state index contributed by atoms with van der Waals surface area (Å²) in [5.41, 5.74) is 1.99. The van der Waals surface area contributed by atoms with Gasteiger partial charge in [-0.2, -0.15) is 0 Å². The molecule has 0 amide bonds. The molecule has 130 valence electrons. The minimum absolute atomic E-state index is 0.257. The third kappa shape index (κ3) is 5.85.